The number of rotatable bonds is 12. The maximum atomic E-state index is 5.69. The topological polar surface area (TPSA) is 46.2 Å². The fourth-order valence-corrected chi connectivity index (χ4v) is 2.78. The number of hydrogen-bond acceptors (Lipinski definition) is 5. The van der Waals surface area contributed by atoms with E-state index in [1.54, 1.807) is 7.11 Å². The van der Waals surface area contributed by atoms with Crippen molar-refractivity contribution in [2.45, 2.75) is 6.92 Å². The lowest BCUT2D eigenvalue weighted by Gasteiger charge is -2.12. The summed E-state index contributed by atoms with van der Waals surface area (Å²) >= 11 is 6.92. The van der Waals surface area contributed by atoms with E-state index in [-0.39, 0.29) is 0 Å². The van der Waals surface area contributed by atoms with Crippen LogP contribution in [0, 0.1) is 0 Å². The van der Waals surface area contributed by atoms with Gasteiger partial charge in [-0.25, -0.2) is 0 Å². The molecule has 1 rings (SSSR count). The molecule has 1 aromatic carbocycles. The van der Waals surface area contributed by atoms with Crippen molar-refractivity contribution >= 4 is 31.9 Å². The van der Waals surface area contributed by atoms with Crippen LogP contribution in [0.25, 0.3) is 0 Å². The molecule has 0 atom stereocenters. The highest BCUT2D eigenvalue weighted by Crippen LogP contribution is 2.36. The molecule has 0 unspecified atom stereocenters. The van der Waals surface area contributed by atoms with Gasteiger partial charge in [-0.3, -0.25) is 0 Å². The van der Waals surface area contributed by atoms with E-state index in [1.807, 2.05) is 19.1 Å². The Morgan fingerprint density at radius 3 is 1.91 bits per heavy atom. The maximum Gasteiger partial charge on any atom is 0.137 e. The Hall–Kier alpha value is -0.340. The van der Waals surface area contributed by atoms with Crippen LogP contribution in [0.1, 0.15) is 6.92 Å². The van der Waals surface area contributed by atoms with Gasteiger partial charge in [-0.05, 0) is 44.8 Å². The van der Waals surface area contributed by atoms with Crippen LogP contribution in [-0.4, -0.2) is 53.4 Å². The lowest BCUT2D eigenvalue weighted by molar-refractivity contribution is 0.0179. The first-order valence-electron chi connectivity index (χ1n) is 7.08. The first-order chi connectivity index (χ1) is 10.7. The average molecular weight is 442 g/mol. The minimum absolute atomic E-state index is 0.462. The van der Waals surface area contributed by atoms with Gasteiger partial charge in [0, 0.05) is 13.2 Å². The predicted molar refractivity (Wildman–Crippen MR) is 92.0 cm³/mol. The monoisotopic (exact) mass is 440 g/mol. The highest BCUT2D eigenvalue weighted by molar-refractivity contribution is 9.11. The minimum Gasteiger partial charge on any atom is -0.493 e. The molecule has 126 valence electrons. The van der Waals surface area contributed by atoms with Gasteiger partial charge >= 0.3 is 0 Å². The Morgan fingerprint density at radius 1 is 0.773 bits per heavy atom. The molecule has 0 saturated heterocycles. The van der Waals surface area contributed by atoms with Crippen LogP contribution in [0.5, 0.6) is 11.5 Å². The van der Waals surface area contributed by atoms with Crippen molar-refractivity contribution in [2.75, 3.05) is 53.4 Å². The second-order valence-electron chi connectivity index (χ2n) is 4.21. The number of ether oxygens (including phenoxy) is 5. The van der Waals surface area contributed by atoms with Crippen LogP contribution in [0.15, 0.2) is 21.1 Å². The third kappa shape index (κ3) is 7.78. The molecule has 0 aliphatic heterocycles. The Kier molecular flexibility index (Phi) is 10.9. The van der Waals surface area contributed by atoms with Crippen molar-refractivity contribution in [3.8, 4) is 11.5 Å². The maximum absolute atomic E-state index is 5.69. The van der Waals surface area contributed by atoms with E-state index in [2.05, 4.69) is 31.9 Å². The number of methoxy groups -OCH3 is 1. The lowest BCUT2D eigenvalue weighted by atomic mass is 10.3. The quantitative estimate of drug-likeness (QED) is 0.463. The summed E-state index contributed by atoms with van der Waals surface area (Å²) in [6, 6.07) is 3.76. The van der Waals surface area contributed by atoms with Gasteiger partial charge in [0.25, 0.3) is 0 Å². The standard InChI is InChI=1S/C15H22Br2O5/c1-3-21-14-11-15(13(17)10-12(14)16)22-9-8-20-7-6-19-5-4-18-2/h10-11H,3-9H2,1-2H3. The Balaban J connectivity index is 2.23. The van der Waals surface area contributed by atoms with Crippen LogP contribution in [0.3, 0.4) is 0 Å². The van der Waals surface area contributed by atoms with Gasteiger partial charge in [-0.2, -0.15) is 0 Å². The van der Waals surface area contributed by atoms with E-state index in [1.165, 1.54) is 0 Å². The molecule has 0 aromatic heterocycles. The van der Waals surface area contributed by atoms with Crippen LogP contribution in [0.4, 0.5) is 0 Å². The molecule has 0 fully saturated rings. The molecule has 0 aliphatic rings. The first kappa shape index (κ1) is 19.7. The molecule has 0 heterocycles. The molecule has 1 aromatic rings. The normalized spacial score (nSPS) is 10.7. The second kappa shape index (κ2) is 12.1. The Bertz CT molecular complexity index is 429. The van der Waals surface area contributed by atoms with Crippen molar-refractivity contribution in [3.63, 3.8) is 0 Å². The zero-order valence-corrected chi connectivity index (χ0v) is 16.1. The van der Waals surface area contributed by atoms with Gasteiger partial charge in [0.05, 0.1) is 48.6 Å². The molecule has 0 amide bonds. The number of halogens is 2. The molecule has 0 radical (unpaired) electrons. The van der Waals surface area contributed by atoms with Crippen LogP contribution in [0.2, 0.25) is 0 Å². The molecule has 0 aliphatic carbocycles. The van der Waals surface area contributed by atoms with Gasteiger partial charge in [-0.1, -0.05) is 0 Å². The molecule has 22 heavy (non-hydrogen) atoms. The van der Waals surface area contributed by atoms with Gasteiger partial charge in [0.15, 0.2) is 0 Å². The van der Waals surface area contributed by atoms with E-state index >= 15 is 0 Å². The fourth-order valence-electron chi connectivity index (χ4n) is 1.56. The van der Waals surface area contributed by atoms with Crippen molar-refractivity contribution in [1.82, 2.24) is 0 Å². The summed E-state index contributed by atoms with van der Waals surface area (Å²) in [6.45, 7) is 5.79. The summed E-state index contributed by atoms with van der Waals surface area (Å²) in [5, 5.41) is 0. The van der Waals surface area contributed by atoms with Gasteiger partial charge in [-0.15, -0.1) is 0 Å². The number of hydrogen-bond donors (Lipinski definition) is 0. The summed E-state index contributed by atoms with van der Waals surface area (Å²) in [7, 11) is 1.65. The molecule has 0 N–H and O–H groups in total. The summed E-state index contributed by atoms with van der Waals surface area (Å²) in [5.41, 5.74) is 0. The van der Waals surface area contributed by atoms with E-state index in [4.69, 9.17) is 23.7 Å². The Morgan fingerprint density at radius 2 is 1.32 bits per heavy atom. The average Bonchev–Trinajstić information content (AvgIpc) is 2.50. The molecule has 0 saturated carbocycles. The van der Waals surface area contributed by atoms with Crippen molar-refractivity contribution in [2.24, 2.45) is 0 Å². The van der Waals surface area contributed by atoms with Gasteiger partial charge in [0.1, 0.15) is 18.1 Å². The summed E-state index contributed by atoms with van der Waals surface area (Å²) in [6.07, 6.45) is 0. The largest absolute Gasteiger partial charge is 0.493 e. The molecule has 7 heteroatoms. The highest BCUT2D eigenvalue weighted by atomic mass is 79.9. The summed E-state index contributed by atoms with van der Waals surface area (Å²) < 4.78 is 28.6. The second-order valence-corrected chi connectivity index (χ2v) is 5.92. The summed E-state index contributed by atoms with van der Waals surface area (Å²) in [4.78, 5) is 0. The molecule has 0 spiro atoms. The first-order valence-corrected chi connectivity index (χ1v) is 8.66. The third-order valence-electron chi connectivity index (χ3n) is 2.58. The van der Waals surface area contributed by atoms with E-state index in [0.29, 0.717) is 46.2 Å². The summed E-state index contributed by atoms with van der Waals surface area (Å²) in [5.74, 6) is 1.49. The zero-order chi connectivity index (χ0) is 16.2. The highest BCUT2D eigenvalue weighted by Gasteiger charge is 2.08. The third-order valence-corrected chi connectivity index (χ3v) is 3.81. The fraction of sp³-hybridized carbons (Fsp3) is 0.600. The van der Waals surface area contributed by atoms with Crippen molar-refractivity contribution in [3.05, 3.63) is 21.1 Å². The molecular weight excluding hydrogens is 420 g/mol. The SMILES string of the molecule is CCOc1cc(OCCOCCOCCOC)c(Br)cc1Br. The van der Waals surface area contributed by atoms with Crippen molar-refractivity contribution in [1.29, 1.82) is 0 Å². The Labute approximate surface area is 148 Å². The van der Waals surface area contributed by atoms with Crippen LogP contribution >= 0.6 is 31.9 Å². The van der Waals surface area contributed by atoms with Gasteiger partial charge in [0.2, 0.25) is 0 Å². The van der Waals surface area contributed by atoms with Crippen LogP contribution in [-0.2, 0) is 14.2 Å². The van der Waals surface area contributed by atoms with E-state index in [0.717, 1.165) is 20.4 Å². The lowest BCUT2D eigenvalue weighted by Crippen LogP contribution is -2.12. The zero-order valence-electron chi connectivity index (χ0n) is 12.9. The van der Waals surface area contributed by atoms with E-state index < -0.39 is 0 Å². The van der Waals surface area contributed by atoms with Crippen molar-refractivity contribution < 1.29 is 23.7 Å². The number of benzene rings is 1. The van der Waals surface area contributed by atoms with Crippen LogP contribution < -0.4 is 9.47 Å². The minimum atomic E-state index is 0.462. The smallest absolute Gasteiger partial charge is 0.137 e. The van der Waals surface area contributed by atoms with Gasteiger partial charge < -0.3 is 23.7 Å². The van der Waals surface area contributed by atoms with E-state index in [9.17, 15) is 0 Å². The molecule has 0 bridgehead atoms. The molecular formula is C15H22Br2O5. The predicted octanol–water partition coefficient (Wildman–Crippen LogP) is 3.67. The molecule has 5 nitrogen and oxygen atoms in total.